The number of benzene rings is 1. The predicted molar refractivity (Wildman–Crippen MR) is 109 cm³/mol. The molecule has 0 aromatic heterocycles. The molecule has 0 saturated carbocycles. The third kappa shape index (κ3) is 5.13. The van der Waals surface area contributed by atoms with Crippen LogP contribution < -0.4 is 4.90 Å². The summed E-state index contributed by atoms with van der Waals surface area (Å²) in [4.78, 5) is 19.0. The van der Waals surface area contributed by atoms with E-state index in [0.717, 1.165) is 50.3 Å². The Balaban J connectivity index is 1.59. The summed E-state index contributed by atoms with van der Waals surface area (Å²) in [5.41, 5.74) is 2.29. The molecule has 1 amide bonds. The van der Waals surface area contributed by atoms with Crippen molar-refractivity contribution in [1.82, 2.24) is 9.80 Å². The molecule has 2 fully saturated rings. The van der Waals surface area contributed by atoms with Gasteiger partial charge in [0.1, 0.15) is 5.60 Å². The van der Waals surface area contributed by atoms with Crippen molar-refractivity contribution in [1.29, 1.82) is 0 Å². The van der Waals surface area contributed by atoms with Crippen LogP contribution in [-0.2, 0) is 11.3 Å². The molecule has 1 aromatic rings. The van der Waals surface area contributed by atoms with E-state index < -0.39 is 5.60 Å². The first-order valence-electron chi connectivity index (χ1n) is 9.55. The van der Waals surface area contributed by atoms with E-state index in [1.165, 1.54) is 24.1 Å². The number of ether oxygens (including phenoxy) is 1. The number of anilines is 1. The van der Waals surface area contributed by atoms with Crippen molar-refractivity contribution >= 4 is 27.7 Å². The van der Waals surface area contributed by atoms with Crippen molar-refractivity contribution in [2.75, 3.05) is 44.2 Å². The minimum atomic E-state index is -0.434. The number of piperazine rings is 1. The zero-order chi connectivity index (χ0) is 18.7. The third-order valence-electron chi connectivity index (χ3n) is 4.91. The highest BCUT2D eigenvalue weighted by Gasteiger charge is 2.26. The van der Waals surface area contributed by atoms with Gasteiger partial charge in [-0.05, 0) is 51.3 Å². The standard InChI is InChI=1S/C20H30BrN3O2/c1-20(2,3)26-19(25)24-12-10-22(11-13-24)15-16-6-7-17(21)14-18(16)23-8-4-5-9-23/h6-7,14H,4-5,8-13,15H2,1-3H3. The minimum absolute atomic E-state index is 0.196. The Labute approximate surface area is 165 Å². The summed E-state index contributed by atoms with van der Waals surface area (Å²) in [5, 5.41) is 0. The Morgan fingerprint density at radius 2 is 1.73 bits per heavy atom. The molecule has 0 spiro atoms. The van der Waals surface area contributed by atoms with Crippen molar-refractivity contribution in [3.8, 4) is 0 Å². The molecule has 0 radical (unpaired) electrons. The number of rotatable bonds is 3. The third-order valence-corrected chi connectivity index (χ3v) is 5.41. The average Bonchev–Trinajstić information content (AvgIpc) is 3.10. The van der Waals surface area contributed by atoms with Gasteiger partial charge >= 0.3 is 6.09 Å². The predicted octanol–water partition coefficient (Wildman–Crippen LogP) is 4.10. The Hall–Kier alpha value is -1.27. The second-order valence-electron chi connectivity index (χ2n) is 8.21. The zero-order valence-corrected chi connectivity index (χ0v) is 17.7. The monoisotopic (exact) mass is 423 g/mol. The topological polar surface area (TPSA) is 36.0 Å². The summed E-state index contributed by atoms with van der Waals surface area (Å²) >= 11 is 3.62. The van der Waals surface area contributed by atoms with Crippen LogP contribution in [0.1, 0.15) is 39.2 Å². The average molecular weight is 424 g/mol. The number of amides is 1. The van der Waals surface area contributed by atoms with Crippen LogP contribution in [-0.4, -0.2) is 60.8 Å². The van der Waals surface area contributed by atoms with Crippen LogP contribution in [0.5, 0.6) is 0 Å². The molecule has 5 nitrogen and oxygen atoms in total. The Kier molecular flexibility index (Phi) is 6.13. The Morgan fingerprint density at radius 3 is 2.35 bits per heavy atom. The number of halogens is 1. The molecule has 0 N–H and O–H groups in total. The molecular formula is C20H30BrN3O2. The molecule has 1 aromatic carbocycles. The highest BCUT2D eigenvalue weighted by Crippen LogP contribution is 2.29. The maximum Gasteiger partial charge on any atom is 0.410 e. The molecule has 6 heteroatoms. The lowest BCUT2D eigenvalue weighted by molar-refractivity contribution is 0.0139. The number of carbonyl (C=O) groups is 1. The molecule has 0 atom stereocenters. The lowest BCUT2D eigenvalue weighted by Crippen LogP contribution is -2.49. The van der Waals surface area contributed by atoms with Gasteiger partial charge in [0.15, 0.2) is 0 Å². The van der Waals surface area contributed by atoms with E-state index in [1.54, 1.807) is 0 Å². The van der Waals surface area contributed by atoms with Crippen molar-refractivity contribution in [3.05, 3.63) is 28.2 Å². The summed E-state index contributed by atoms with van der Waals surface area (Å²) in [6.07, 6.45) is 2.36. The molecular weight excluding hydrogens is 394 g/mol. The highest BCUT2D eigenvalue weighted by atomic mass is 79.9. The van der Waals surface area contributed by atoms with Gasteiger partial charge in [-0.1, -0.05) is 22.0 Å². The van der Waals surface area contributed by atoms with Gasteiger partial charge in [0.25, 0.3) is 0 Å². The van der Waals surface area contributed by atoms with Crippen LogP contribution in [0.25, 0.3) is 0 Å². The summed E-state index contributed by atoms with van der Waals surface area (Å²) in [7, 11) is 0. The first-order chi connectivity index (χ1) is 12.3. The van der Waals surface area contributed by atoms with Crippen LogP contribution >= 0.6 is 15.9 Å². The highest BCUT2D eigenvalue weighted by molar-refractivity contribution is 9.10. The van der Waals surface area contributed by atoms with Gasteiger partial charge in [-0.15, -0.1) is 0 Å². The van der Waals surface area contributed by atoms with Crippen LogP contribution in [0.2, 0.25) is 0 Å². The van der Waals surface area contributed by atoms with E-state index in [0.29, 0.717) is 0 Å². The summed E-state index contributed by atoms with van der Waals surface area (Å²) in [6.45, 7) is 12.2. The van der Waals surface area contributed by atoms with Crippen molar-refractivity contribution in [2.24, 2.45) is 0 Å². The number of carbonyl (C=O) groups excluding carboxylic acids is 1. The quantitative estimate of drug-likeness (QED) is 0.732. The van der Waals surface area contributed by atoms with Crippen LogP contribution in [0.15, 0.2) is 22.7 Å². The van der Waals surface area contributed by atoms with Gasteiger partial charge in [-0.3, -0.25) is 4.90 Å². The molecule has 144 valence electrons. The van der Waals surface area contributed by atoms with Gasteiger partial charge in [0, 0.05) is 56.0 Å². The molecule has 2 saturated heterocycles. The summed E-state index contributed by atoms with van der Waals surface area (Å²) in [6, 6.07) is 6.61. The van der Waals surface area contributed by atoms with E-state index in [4.69, 9.17) is 4.74 Å². The van der Waals surface area contributed by atoms with Gasteiger partial charge in [0.2, 0.25) is 0 Å². The van der Waals surface area contributed by atoms with Crippen molar-refractivity contribution in [2.45, 2.75) is 45.8 Å². The maximum absolute atomic E-state index is 12.2. The molecule has 2 aliphatic heterocycles. The van der Waals surface area contributed by atoms with Gasteiger partial charge in [0.05, 0.1) is 0 Å². The second kappa shape index (κ2) is 8.17. The molecule has 26 heavy (non-hydrogen) atoms. The van der Waals surface area contributed by atoms with E-state index in [1.807, 2.05) is 25.7 Å². The molecule has 0 unspecified atom stereocenters. The normalized spacial score (nSPS) is 19.1. The fourth-order valence-corrected chi connectivity index (χ4v) is 3.93. The summed E-state index contributed by atoms with van der Waals surface area (Å²) < 4.78 is 6.62. The van der Waals surface area contributed by atoms with Crippen molar-refractivity contribution < 1.29 is 9.53 Å². The van der Waals surface area contributed by atoms with E-state index in [2.05, 4.69) is 43.9 Å². The first-order valence-corrected chi connectivity index (χ1v) is 10.3. The van der Waals surface area contributed by atoms with E-state index in [-0.39, 0.29) is 6.09 Å². The lowest BCUT2D eigenvalue weighted by atomic mass is 10.1. The molecule has 2 heterocycles. The Bertz CT molecular complexity index is 630. The first kappa shape index (κ1) is 19.5. The molecule has 2 aliphatic rings. The van der Waals surface area contributed by atoms with Crippen LogP contribution in [0.4, 0.5) is 10.5 Å². The lowest BCUT2D eigenvalue weighted by Gasteiger charge is -2.36. The van der Waals surface area contributed by atoms with Gasteiger partial charge in [-0.25, -0.2) is 4.79 Å². The van der Waals surface area contributed by atoms with Crippen LogP contribution in [0.3, 0.4) is 0 Å². The largest absolute Gasteiger partial charge is 0.444 e. The number of hydrogen-bond donors (Lipinski definition) is 0. The number of hydrogen-bond acceptors (Lipinski definition) is 4. The second-order valence-corrected chi connectivity index (χ2v) is 9.13. The van der Waals surface area contributed by atoms with Gasteiger partial charge in [-0.2, -0.15) is 0 Å². The Morgan fingerprint density at radius 1 is 1.08 bits per heavy atom. The minimum Gasteiger partial charge on any atom is -0.444 e. The fraction of sp³-hybridized carbons (Fsp3) is 0.650. The smallest absolute Gasteiger partial charge is 0.410 e. The SMILES string of the molecule is CC(C)(C)OC(=O)N1CCN(Cc2ccc(Br)cc2N2CCCC2)CC1. The van der Waals surface area contributed by atoms with E-state index >= 15 is 0 Å². The molecule has 3 rings (SSSR count). The number of nitrogens with zero attached hydrogens (tertiary/aromatic N) is 3. The fourth-order valence-electron chi connectivity index (χ4n) is 3.58. The van der Waals surface area contributed by atoms with E-state index in [9.17, 15) is 4.79 Å². The molecule has 0 aliphatic carbocycles. The summed E-state index contributed by atoms with van der Waals surface area (Å²) in [5.74, 6) is 0. The zero-order valence-electron chi connectivity index (χ0n) is 16.1. The van der Waals surface area contributed by atoms with Crippen molar-refractivity contribution in [3.63, 3.8) is 0 Å². The van der Waals surface area contributed by atoms with Crippen LogP contribution in [0, 0.1) is 0 Å². The maximum atomic E-state index is 12.2. The molecule has 0 bridgehead atoms. The van der Waals surface area contributed by atoms with Gasteiger partial charge < -0.3 is 14.5 Å².